The fourth-order valence-electron chi connectivity index (χ4n) is 4.62. The molecule has 0 fully saturated rings. The van der Waals surface area contributed by atoms with Crippen molar-refractivity contribution < 1.29 is 18.0 Å². The molecule has 0 bridgehead atoms. The van der Waals surface area contributed by atoms with Crippen LogP contribution in [0.2, 0.25) is 0 Å². The lowest BCUT2D eigenvalue weighted by molar-refractivity contribution is -0.139. The van der Waals surface area contributed by atoms with Crippen LogP contribution in [0, 0.1) is 0 Å². The average molecular weight is 564 g/mol. The first-order valence-corrected chi connectivity index (χ1v) is 15.5. The number of carbonyl (C=O) groups excluding carboxylic acids is 2. The van der Waals surface area contributed by atoms with Crippen molar-refractivity contribution in [2.24, 2.45) is 0 Å². The maximum absolute atomic E-state index is 14.1. The molecule has 2 amide bonds. The van der Waals surface area contributed by atoms with Gasteiger partial charge in [-0.05, 0) is 61.9 Å². The lowest BCUT2D eigenvalue weighted by Crippen LogP contribution is -2.54. The number of anilines is 1. The Bertz CT molecular complexity index is 1350. The molecule has 0 aromatic heterocycles. The summed E-state index contributed by atoms with van der Waals surface area (Å²) in [7, 11) is -4.07. The molecule has 0 spiro atoms. The lowest BCUT2D eigenvalue weighted by Gasteiger charge is -2.34. The van der Waals surface area contributed by atoms with Gasteiger partial charge >= 0.3 is 0 Å². The summed E-state index contributed by atoms with van der Waals surface area (Å²) < 4.78 is 29.1. The maximum atomic E-state index is 14.1. The minimum atomic E-state index is -4.07. The van der Waals surface area contributed by atoms with Crippen molar-refractivity contribution in [1.29, 1.82) is 0 Å². The molecule has 0 saturated carbocycles. The highest BCUT2D eigenvalue weighted by Crippen LogP contribution is 2.28. The second-order valence-electron chi connectivity index (χ2n) is 9.87. The summed E-state index contributed by atoms with van der Waals surface area (Å²) in [5.74, 6) is -0.655. The molecule has 2 atom stereocenters. The van der Waals surface area contributed by atoms with E-state index in [0.717, 1.165) is 17.5 Å². The Hall–Kier alpha value is -3.65. The van der Waals surface area contributed by atoms with Crippen molar-refractivity contribution in [1.82, 2.24) is 10.2 Å². The van der Waals surface area contributed by atoms with Gasteiger partial charge in [0.25, 0.3) is 10.0 Å². The lowest BCUT2D eigenvalue weighted by atomic mass is 10.1. The molecule has 3 aromatic carbocycles. The first kappa shape index (κ1) is 30.9. The molecule has 1 N–H and O–H groups in total. The molecule has 0 saturated heterocycles. The molecule has 0 aliphatic heterocycles. The summed E-state index contributed by atoms with van der Waals surface area (Å²) in [5, 5.41) is 3.01. The van der Waals surface area contributed by atoms with Crippen LogP contribution in [-0.2, 0) is 32.5 Å². The molecule has 0 heterocycles. The Balaban J connectivity index is 2.03. The van der Waals surface area contributed by atoms with Gasteiger partial charge in [-0.2, -0.15) is 0 Å². The summed E-state index contributed by atoms with van der Waals surface area (Å²) in [5.41, 5.74) is 2.30. The highest BCUT2D eigenvalue weighted by atomic mass is 32.2. The van der Waals surface area contributed by atoms with E-state index < -0.39 is 28.5 Å². The van der Waals surface area contributed by atoms with Crippen LogP contribution in [-0.4, -0.2) is 50.3 Å². The van der Waals surface area contributed by atoms with Crippen LogP contribution < -0.4 is 9.62 Å². The number of hydrogen-bond donors (Lipinski definition) is 1. The van der Waals surface area contributed by atoms with Crippen LogP contribution in [0.15, 0.2) is 89.8 Å². The Labute approximate surface area is 239 Å². The quantitative estimate of drug-likeness (QED) is 0.292. The number of carbonyl (C=O) groups is 2. The number of nitrogens with one attached hydrogen (secondary N) is 1. The largest absolute Gasteiger partial charge is 0.352 e. The van der Waals surface area contributed by atoms with Gasteiger partial charge in [0.2, 0.25) is 11.8 Å². The van der Waals surface area contributed by atoms with Crippen molar-refractivity contribution in [3.05, 3.63) is 96.1 Å². The Kier molecular flexibility index (Phi) is 11.3. The molecule has 40 heavy (non-hydrogen) atoms. The normalized spacial score (nSPS) is 12.8. The second kappa shape index (κ2) is 14.7. The smallest absolute Gasteiger partial charge is 0.264 e. The third kappa shape index (κ3) is 7.72. The third-order valence-electron chi connectivity index (χ3n) is 7.12. The molecule has 7 nitrogen and oxygen atoms in total. The molecule has 0 radical (unpaired) electrons. The standard InChI is InChI=1S/C32H41N3O4S/c1-5-25(4)33-32(37)29(7-3)34(23-22-26-16-10-8-11-17-26)31(36)24-35(30-21-15-14-18-27(30)6-2)40(38,39)28-19-12-9-13-20-28/h8-21,25,29H,5-7,22-24H2,1-4H3,(H,33,37)/t25-,29-/m0/s1. The third-order valence-corrected chi connectivity index (χ3v) is 8.90. The van der Waals surface area contributed by atoms with Gasteiger partial charge in [0.1, 0.15) is 12.6 Å². The number of benzene rings is 3. The molecular weight excluding hydrogens is 522 g/mol. The van der Waals surface area contributed by atoms with Gasteiger partial charge in [0.05, 0.1) is 10.6 Å². The minimum Gasteiger partial charge on any atom is -0.352 e. The zero-order chi connectivity index (χ0) is 29.1. The number of nitrogens with zero attached hydrogens (tertiary/aromatic N) is 2. The summed E-state index contributed by atoms with van der Waals surface area (Å²) in [6.07, 6.45) is 2.30. The van der Waals surface area contributed by atoms with Crippen LogP contribution in [0.1, 0.15) is 51.7 Å². The van der Waals surface area contributed by atoms with Crippen molar-refractivity contribution in [3.8, 4) is 0 Å². The van der Waals surface area contributed by atoms with Gasteiger partial charge in [-0.3, -0.25) is 13.9 Å². The van der Waals surface area contributed by atoms with E-state index in [9.17, 15) is 18.0 Å². The van der Waals surface area contributed by atoms with E-state index in [-0.39, 0.29) is 23.4 Å². The molecule has 8 heteroatoms. The van der Waals surface area contributed by atoms with E-state index in [1.807, 2.05) is 70.2 Å². The predicted octanol–water partition coefficient (Wildman–Crippen LogP) is 5.21. The summed E-state index contributed by atoms with van der Waals surface area (Å²) in [4.78, 5) is 29.1. The zero-order valence-electron chi connectivity index (χ0n) is 23.9. The van der Waals surface area contributed by atoms with E-state index in [4.69, 9.17) is 0 Å². The number of aryl methyl sites for hydroxylation is 1. The summed E-state index contributed by atoms with van der Waals surface area (Å²) in [6.45, 7) is 7.60. The second-order valence-corrected chi connectivity index (χ2v) is 11.7. The van der Waals surface area contributed by atoms with Crippen LogP contribution >= 0.6 is 0 Å². The summed E-state index contributed by atoms with van der Waals surface area (Å²) in [6, 6.07) is 24.4. The van der Waals surface area contributed by atoms with E-state index in [0.29, 0.717) is 24.9 Å². The van der Waals surface area contributed by atoms with Gasteiger partial charge in [0.15, 0.2) is 0 Å². The minimum absolute atomic E-state index is 0.0426. The van der Waals surface area contributed by atoms with Gasteiger partial charge in [-0.1, -0.05) is 87.5 Å². The Morgan fingerprint density at radius 1 is 0.825 bits per heavy atom. The van der Waals surface area contributed by atoms with Gasteiger partial charge in [-0.25, -0.2) is 8.42 Å². The van der Waals surface area contributed by atoms with Crippen LogP contribution in [0.4, 0.5) is 5.69 Å². The zero-order valence-corrected chi connectivity index (χ0v) is 24.7. The van der Waals surface area contributed by atoms with Gasteiger partial charge in [-0.15, -0.1) is 0 Å². The molecular formula is C32H41N3O4S. The van der Waals surface area contributed by atoms with E-state index in [1.54, 1.807) is 35.2 Å². The number of rotatable bonds is 14. The fraction of sp³-hybridized carbons (Fsp3) is 0.375. The molecule has 0 aliphatic rings. The number of sulfonamides is 1. The van der Waals surface area contributed by atoms with Gasteiger partial charge < -0.3 is 10.2 Å². The molecule has 0 aliphatic carbocycles. The number of amides is 2. The summed E-state index contributed by atoms with van der Waals surface area (Å²) >= 11 is 0. The maximum Gasteiger partial charge on any atom is 0.264 e. The highest BCUT2D eigenvalue weighted by Gasteiger charge is 2.34. The van der Waals surface area contributed by atoms with Crippen molar-refractivity contribution in [3.63, 3.8) is 0 Å². The Morgan fingerprint density at radius 2 is 1.43 bits per heavy atom. The van der Waals surface area contributed by atoms with Crippen LogP contribution in [0.3, 0.4) is 0 Å². The van der Waals surface area contributed by atoms with Gasteiger partial charge in [0, 0.05) is 12.6 Å². The van der Waals surface area contributed by atoms with Crippen molar-refractivity contribution in [2.75, 3.05) is 17.4 Å². The van der Waals surface area contributed by atoms with E-state index >= 15 is 0 Å². The molecule has 3 rings (SSSR count). The molecule has 0 unspecified atom stereocenters. The fourth-order valence-corrected chi connectivity index (χ4v) is 6.10. The SMILES string of the molecule is CCc1ccccc1N(CC(=O)N(CCc1ccccc1)[C@@H](CC)C(=O)N[C@@H](C)CC)S(=O)(=O)c1ccccc1. The van der Waals surface area contributed by atoms with Crippen molar-refractivity contribution in [2.45, 2.75) is 70.4 Å². The number of para-hydroxylation sites is 1. The Morgan fingerprint density at radius 3 is 2.02 bits per heavy atom. The molecule has 3 aromatic rings. The van der Waals surface area contributed by atoms with E-state index in [2.05, 4.69) is 5.32 Å². The number of hydrogen-bond acceptors (Lipinski definition) is 4. The van der Waals surface area contributed by atoms with Crippen LogP contribution in [0.5, 0.6) is 0 Å². The topological polar surface area (TPSA) is 86.8 Å². The van der Waals surface area contributed by atoms with Crippen molar-refractivity contribution >= 4 is 27.5 Å². The van der Waals surface area contributed by atoms with E-state index in [1.165, 1.54) is 16.4 Å². The monoisotopic (exact) mass is 563 g/mol. The first-order chi connectivity index (χ1) is 19.2. The van der Waals surface area contributed by atoms with Crippen LogP contribution in [0.25, 0.3) is 0 Å². The highest BCUT2D eigenvalue weighted by molar-refractivity contribution is 7.92. The predicted molar refractivity (Wildman–Crippen MR) is 161 cm³/mol. The average Bonchev–Trinajstić information content (AvgIpc) is 2.98. The first-order valence-electron chi connectivity index (χ1n) is 14.0. The molecule has 214 valence electrons.